The summed E-state index contributed by atoms with van der Waals surface area (Å²) in [5, 5.41) is 10.6. The predicted octanol–water partition coefficient (Wildman–Crippen LogP) is 5.09. The van der Waals surface area contributed by atoms with Gasteiger partial charge in [0.05, 0.1) is 15.9 Å². The van der Waals surface area contributed by atoms with Gasteiger partial charge in [-0.3, -0.25) is 4.79 Å². The Morgan fingerprint density at radius 3 is 2.96 bits per heavy atom. The van der Waals surface area contributed by atoms with Crippen molar-refractivity contribution in [2.24, 2.45) is 0 Å². The maximum atomic E-state index is 12.4. The molecule has 5 rings (SSSR count). The highest BCUT2D eigenvalue weighted by Gasteiger charge is 2.34. The third-order valence-corrected chi connectivity index (χ3v) is 7.32. The van der Waals surface area contributed by atoms with Crippen molar-refractivity contribution >= 4 is 60.5 Å². The summed E-state index contributed by atoms with van der Waals surface area (Å²) in [6, 6.07) is 10.1. The topological polar surface area (TPSA) is 59.8 Å². The molecule has 0 spiro atoms. The quantitative estimate of drug-likeness (QED) is 0.468. The number of thiazole rings is 1. The molecule has 8 heteroatoms. The molecule has 26 heavy (non-hydrogen) atoms. The van der Waals surface area contributed by atoms with Crippen LogP contribution >= 0.6 is 38.6 Å². The van der Waals surface area contributed by atoms with Gasteiger partial charge < -0.3 is 5.32 Å². The van der Waals surface area contributed by atoms with Gasteiger partial charge in [0.2, 0.25) is 11.0 Å². The molecule has 1 aromatic carbocycles. The monoisotopic (exact) mass is 444 g/mol. The molecule has 0 bridgehead atoms. The molecule has 1 N–H and O–H groups in total. The summed E-state index contributed by atoms with van der Waals surface area (Å²) in [6.45, 7) is 2.00. The lowest BCUT2D eigenvalue weighted by molar-refractivity contribution is -0.116. The van der Waals surface area contributed by atoms with Crippen LogP contribution in [0.5, 0.6) is 0 Å². The van der Waals surface area contributed by atoms with Crippen molar-refractivity contribution in [3.8, 4) is 5.13 Å². The highest BCUT2D eigenvalue weighted by molar-refractivity contribution is 9.10. The van der Waals surface area contributed by atoms with E-state index in [1.54, 1.807) is 27.4 Å². The molecule has 0 saturated heterocycles. The van der Waals surface area contributed by atoms with Crippen molar-refractivity contribution in [3.05, 3.63) is 56.3 Å². The van der Waals surface area contributed by atoms with Gasteiger partial charge in [0.1, 0.15) is 5.82 Å². The lowest BCUT2D eigenvalue weighted by atomic mass is 9.91. The minimum atomic E-state index is 0.00860. The van der Waals surface area contributed by atoms with Crippen LogP contribution < -0.4 is 5.32 Å². The smallest absolute Gasteiger partial charge is 0.226 e. The maximum absolute atomic E-state index is 12.4. The number of aromatic nitrogens is 3. The van der Waals surface area contributed by atoms with Crippen LogP contribution in [0, 0.1) is 6.92 Å². The Bertz CT molecular complexity index is 1130. The number of fused-ring (bicyclic) bond motifs is 2. The molecule has 0 fully saturated rings. The minimum Gasteiger partial charge on any atom is -0.310 e. The molecule has 5 nitrogen and oxygen atoms in total. The van der Waals surface area contributed by atoms with E-state index in [2.05, 4.69) is 32.7 Å². The summed E-state index contributed by atoms with van der Waals surface area (Å²) < 4.78 is 3.92. The van der Waals surface area contributed by atoms with Gasteiger partial charge in [-0.1, -0.05) is 23.5 Å². The summed E-state index contributed by atoms with van der Waals surface area (Å²) in [4.78, 5) is 18.3. The highest BCUT2D eigenvalue weighted by atomic mass is 79.9. The molecule has 0 radical (unpaired) electrons. The van der Waals surface area contributed by atoms with E-state index in [0.29, 0.717) is 6.42 Å². The van der Waals surface area contributed by atoms with Gasteiger partial charge in [0.25, 0.3) is 0 Å². The van der Waals surface area contributed by atoms with Crippen LogP contribution in [0.4, 0.5) is 5.82 Å². The van der Waals surface area contributed by atoms with Crippen molar-refractivity contribution < 1.29 is 4.79 Å². The van der Waals surface area contributed by atoms with Crippen molar-refractivity contribution in [1.82, 2.24) is 14.8 Å². The second-order valence-corrected chi connectivity index (χ2v) is 9.06. The first-order chi connectivity index (χ1) is 12.6. The lowest BCUT2D eigenvalue weighted by Gasteiger charge is -2.22. The zero-order valence-electron chi connectivity index (χ0n) is 13.7. The molecule has 1 aliphatic heterocycles. The Kier molecular flexibility index (Phi) is 3.73. The number of hydrogen-bond acceptors (Lipinski definition) is 5. The van der Waals surface area contributed by atoms with Crippen LogP contribution in [0.25, 0.3) is 15.3 Å². The summed E-state index contributed by atoms with van der Waals surface area (Å²) in [5.41, 5.74) is 2.95. The standard InChI is InChI=1S/C18H13BrN4OS2/c1-9-16-11(14-6-10(19)8-25-14)7-15(24)21-17(16)23(22-9)18-20-12-4-2-3-5-13(12)26-18/h2-6,8,11H,7H2,1H3,(H,21,24)/t11-/m0/s1. The molecule has 1 amide bonds. The Balaban J connectivity index is 1.69. The molecule has 130 valence electrons. The Morgan fingerprint density at radius 2 is 2.19 bits per heavy atom. The van der Waals surface area contributed by atoms with Gasteiger partial charge in [0.15, 0.2) is 0 Å². The molecular weight excluding hydrogens is 432 g/mol. The van der Waals surface area contributed by atoms with E-state index in [1.165, 1.54) is 4.88 Å². The third-order valence-electron chi connectivity index (χ3n) is 4.50. The predicted molar refractivity (Wildman–Crippen MR) is 109 cm³/mol. The van der Waals surface area contributed by atoms with Crippen LogP contribution in [0.1, 0.15) is 28.5 Å². The fourth-order valence-corrected chi connectivity index (χ4v) is 5.87. The second-order valence-electron chi connectivity index (χ2n) is 6.20. The average molecular weight is 445 g/mol. The first kappa shape index (κ1) is 16.2. The van der Waals surface area contributed by atoms with Gasteiger partial charge in [-0.15, -0.1) is 11.3 Å². The molecule has 0 aliphatic carbocycles. The van der Waals surface area contributed by atoms with Crippen molar-refractivity contribution in [2.45, 2.75) is 19.3 Å². The van der Waals surface area contributed by atoms with Crippen LogP contribution in [0.15, 0.2) is 40.2 Å². The van der Waals surface area contributed by atoms with Gasteiger partial charge in [-0.05, 0) is 41.1 Å². The normalized spacial score (nSPS) is 16.7. The Morgan fingerprint density at radius 1 is 1.35 bits per heavy atom. The van der Waals surface area contributed by atoms with E-state index in [1.807, 2.05) is 31.2 Å². The summed E-state index contributed by atoms with van der Waals surface area (Å²) in [5.74, 6) is 0.778. The zero-order chi connectivity index (χ0) is 17.8. The van der Waals surface area contributed by atoms with Crippen LogP contribution in [-0.4, -0.2) is 20.7 Å². The SMILES string of the molecule is Cc1nn(-c2nc3ccccc3s2)c2c1[C@H](c1cc(Br)cs1)CC(=O)N2. The number of nitrogens with one attached hydrogen (secondary N) is 1. The van der Waals surface area contributed by atoms with Crippen LogP contribution in [-0.2, 0) is 4.79 Å². The van der Waals surface area contributed by atoms with E-state index >= 15 is 0 Å². The van der Waals surface area contributed by atoms with E-state index in [0.717, 1.165) is 36.9 Å². The average Bonchev–Trinajstić information content (AvgIpc) is 3.31. The van der Waals surface area contributed by atoms with E-state index < -0.39 is 0 Å². The Labute approximate surface area is 165 Å². The van der Waals surface area contributed by atoms with Gasteiger partial charge in [-0.2, -0.15) is 9.78 Å². The summed E-state index contributed by atoms with van der Waals surface area (Å²) in [7, 11) is 0. The van der Waals surface area contributed by atoms with Crippen molar-refractivity contribution in [1.29, 1.82) is 0 Å². The van der Waals surface area contributed by atoms with E-state index in [4.69, 9.17) is 10.1 Å². The number of anilines is 1. The fraction of sp³-hybridized carbons (Fsp3) is 0.167. The highest BCUT2D eigenvalue weighted by Crippen LogP contribution is 2.43. The number of nitrogens with zero attached hydrogens (tertiary/aromatic N) is 3. The summed E-state index contributed by atoms with van der Waals surface area (Å²) in [6.07, 6.45) is 0.437. The molecule has 0 saturated carbocycles. The molecule has 1 atom stereocenters. The largest absolute Gasteiger partial charge is 0.310 e. The number of halogens is 1. The lowest BCUT2D eigenvalue weighted by Crippen LogP contribution is -2.24. The molecule has 1 aliphatic rings. The molecule has 3 aromatic heterocycles. The second kappa shape index (κ2) is 6.00. The number of hydrogen-bond donors (Lipinski definition) is 1. The Hall–Kier alpha value is -2.03. The number of carbonyl (C=O) groups excluding carboxylic acids is 1. The van der Waals surface area contributed by atoms with E-state index in [-0.39, 0.29) is 11.8 Å². The number of rotatable bonds is 2. The van der Waals surface area contributed by atoms with Crippen LogP contribution in [0.2, 0.25) is 0 Å². The third kappa shape index (κ3) is 2.52. The number of para-hydroxylation sites is 1. The summed E-state index contributed by atoms with van der Waals surface area (Å²) >= 11 is 6.75. The number of amides is 1. The number of carbonyl (C=O) groups is 1. The van der Waals surface area contributed by atoms with Crippen molar-refractivity contribution in [3.63, 3.8) is 0 Å². The molecule has 0 unspecified atom stereocenters. The van der Waals surface area contributed by atoms with Gasteiger partial charge >= 0.3 is 0 Å². The first-order valence-corrected chi connectivity index (χ1v) is 10.6. The number of benzene rings is 1. The molecule has 4 aromatic rings. The zero-order valence-corrected chi connectivity index (χ0v) is 16.9. The number of thiophene rings is 1. The van der Waals surface area contributed by atoms with Gasteiger partial charge in [0, 0.05) is 32.6 Å². The van der Waals surface area contributed by atoms with E-state index in [9.17, 15) is 4.79 Å². The minimum absolute atomic E-state index is 0.00860. The van der Waals surface area contributed by atoms with Crippen molar-refractivity contribution in [2.75, 3.05) is 5.32 Å². The van der Waals surface area contributed by atoms with Crippen LogP contribution in [0.3, 0.4) is 0 Å². The molecular formula is C18H13BrN4OS2. The number of aryl methyl sites for hydroxylation is 1. The first-order valence-electron chi connectivity index (χ1n) is 8.09. The molecule has 4 heterocycles. The fourth-order valence-electron chi connectivity index (χ4n) is 3.39. The maximum Gasteiger partial charge on any atom is 0.226 e. The van der Waals surface area contributed by atoms with Gasteiger partial charge in [-0.25, -0.2) is 4.98 Å².